The molecule has 8 heteroatoms. The number of anilines is 1. The van der Waals surface area contributed by atoms with Crippen molar-refractivity contribution < 1.29 is 23.9 Å². The van der Waals surface area contributed by atoms with Crippen LogP contribution in [0.3, 0.4) is 0 Å². The first kappa shape index (κ1) is 18.7. The van der Waals surface area contributed by atoms with Crippen molar-refractivity contribution in [2.75, 3.05) is 25.6 Å². The molecule has 1 aromatic carbocycles. The zero-order valence-electron chi connectivity index (χ0n) is 13.3. The largest absolute Gasteiger partial charge is 0.465 e. The van der Waals surface area contributed by atoms with Crippen LogP contribution in [0.1, 0.15) is 17.3 Å². The van der Waals surface area contributed by atoms with Crippen LogP contribution in [0.2, 0.25) is 0 Å². The smallest absolute Gasteiger partial charge is 0.339 e. The average molecular weight is 331 g/mol. The van der Waals surface area contributed by atoms with Gasteiger partial charge in [-0.1, -0.05) is 12.1 Å². The van der Waals surface area contributed by atoms with E-state index in [2.05, 4.69) is 15.4 Å². The first-order chi connectivity index (χ1) is 11.5. The molecule has 0 atom stereocenters. The van der Waals surface area contributed by atoms with Crippen LogP contribution in [-0.4, -0.2) is 38.1 Å². The Morgan fingerprint density at radius 2 is 2.00 bits per heavy atom. The molecule has 1 aromatic rings. The van der Waals surface area contributed by atoms with E-state index in [1.165, 1.54) is 19.2 Å². The van der Waals surface area contributed by atoms with E-state index >= 15 is 0 Å². The molecule has 0 aliphatic carbocycles. The van der Waals surface area contributed by atoms with E-state index in [0.29, 0.717) is 0 Å². The second-order valence-corrected chi connectivity index (χ2v) is 4.35. The normalized spacial score (nSPS) is 10.3. The minimum absolute atomic E-state index is 0.158. The number of hydrogen-bond acceptors (Lipinski definition) is 7. The van der Waals surface area contributed by atoms with E-state index in [1.54, 1.807) is 25.1 Å². The Morgan fingerprint density at radius 1 is 1.29 bits per heavy atom. The van der Waals surface area contributed by atoms with Gasteiger partial charge in [0.2, 0.25) is 0 Å². The molecule has 0 bridgehead atoms. The number of benzene rings is 1. The summed E-state index contributed by atoms with van der Waals surface area (Å²) in [7, 11) is 1.22. The van der Waals surface area contributed by atoms with Gasteiger partial charge in [0.25, 0.3) is 5.91 Å². The maximum Gasteiger partial charge on any atom is 0.339 e. The van der Waals surface area contributed by atoms with E-state index in [-0.39, 0.29) is 30.0 Å². The lowest BCUT2D eigenvalue weighted by molar-refractivity contribution is -0.141. The molecule has 24 heavy (non-hydrogen) atoms. The molecule has 0 radical (unpaired) electrons. The first-order valence-corrected chi connectivity index (χ1v) is 7.01. The van der Waals surface area contributed by atoms with Gasteiger partial charge in [-0.15, -0.1) is 0 Å². The highest BCUT2D eigenvalue weighted by atomic mass is 16.5. The summed E-state index contributed by atoms with van der Waals surface area (Å²) in [4.78, 5) is 34.9. The number of nitriles is 1. The zero-order valence-corrected chi connectivity index (χ0v) is 13.3. The van der Waals surface area contributed by atoms with E-state index in [9.17, 15) is 14.4 Å². The van der Waals surface area contributed by atoms with Crippen molar-refractivity contribution in [3.8, 4) is 6.07 Å². The predicted molar refractivity (Wildman–Crippen MR) is 84.7 cm³/mol. The maximum atomic E-state index is 12.1. The van der Waals surface area contributed by atoms with Gasteiger partial charge in [0, 0.05) is 6.20 Å². The van der Waals surface area contributed by atoms with Crippen LogP contribution < -0.4 is 10.6 Å². The molecule has 0 aromatic heterocycles. The fourth-order valence-corrected chi connectivity index (χ4v) is 1.67. The molecule has 0 spiro atoms. The summed E-state index contributed by atoms with van der Waals surface area (Å²) in [5, 5.41) is 14.0. The van der Waals surface area contributed by atoms with Gasteiger partial charge in [-0.05, 0) is 19.1 Å². The Morgan fingerprint density at radius 3 is 2.62 bits per heavy atom. The number of rotatable bonds is 7. The Kier molecular flexibility index (Phi) is 7.51. The van der Waals surface area contributed by atoms with Crippen molar-refractivity contribution >= 4 is 23.5 Å². The lowest BCUT2D eigenvalue weighted by Crippen LogP contribution is -2.23. The Hall–Kier alpha value is -3.34. The highest BCUT2D eigenvalue weighted by molar-refractivity contribution is 6.09. The standard InChI is InChI=1S/C16H17N3O5/c1-3-24-14(20)10-18-9-11(8-17)15(21)19-13-7-5-4-6-12(13)16(22)23-2/h4-7,9,18H,3,10H2,1-2H3,(H,19,21)/b11-9-. The van der Waals surface area contributed by atoms with Crippen molar-refractivity contribution in [2.24, 2.45) is 0 Å². The number of carbonyl (C=O) groups excluding carboxylic acids is 3. The van der Waals surface area contributed by atoms with Gasteiger partial charge in [0.15, 0.2) is 0 Å². The van der Waals surface area contributed by atoms with Crippen LogP contribution >= 0.6 is 0 Å². The van der Waals surface area contributed by atoms with Gasteiger partial charge in [-0.25, -0.2) is 4.79 Å². The van der Waals surface area contributed by atoms with E-state index in [1.807, 2.05) is 0 Å². The van der Waals surface area contributed by atoms with Crippen molar-refractivity contribution in [1.82, 2.24) is 5.32 Å². The molecular formula is C16H17N3O5. The molecule has 0 aliphatic heterocycles. The number of nitrogens with zero attached hydrogens (tertiary/aromatic N) is 1. The highest BCUT2D eigenvalue weighted by Gasteiger charge is 2.15. The molecule has 126 valence electrons. The van der Waals surface area contributed by atoms with Crippen LogP contribution in [0.15, 0.2) is 36.0 Å². The van der Waals surface area contributed by atoms with Crippen LogP contribution in [-0.2, 0) is 19.1 Å². The molecule has 2 N–H and O–H groups in total. The van der Waals surface area contributed by atoms with Crippen LogP contribution in [0.5, 0.6) is 0 Å². The van der Waals surface area contributed by atoms with Gasteiger partial charge in [-0.2, -0.15) is 5.26 Å². The maximum absolute atomic E-state index is 12.1. The molecule has 0 fully saturated rings. The molecule has 0 saturated heterocycles. The summed E-state index contributed by atoms with van der Waals surface area (Å²) in [6.45, 7) is 1.73. The quantitative estimate of drug-likeness (QED) is 0.434. The number of para-hydroxylation sites is 1. The monoisotopic (exact) mass is 331 g/mol. The van der Waals surface area contributed by atoms with Crippen LogP contribution in [0, 0.1) is 11.3 Å². The number of carbonyl (C=O) groups is 3. The summed E-state index contributed by atoms with van der Waals surface area (Å²) in [5.41, 5.74) is 0.102. The zero-order chi connectivity index (χ0) is 17.9. The van der Waals surface area contributed by atoms with Gasteiger partial charge < -0.3 is 20.1 Å². The van der Waals surface area contributed by atoms with E-state index in [4.69, 9.17) is 10.00 Å². The second kappa shape index (κ2) is 9.63. The SMILES string of the molecule is CCOC(=O)CN/C=C(/C#N)C(=O)Nc1ccccc1C(=O)OC. The lowest BCUT2D eigenvalue weighted by Gasteiger charge is -2.09. The number of amides is 1. The number of methoxy groups -OCH3 is 1. The molecular weight excluding hydrogens is 314 g/mol. The van der Waals surface area contributed by atoms with Gasteiger partial charge in [-0.3, -0.25) is 9.59 Å². The Balaban J connectivity index is 2.80. The van der Waals surface area contributed by atoms with E-state index < -0.39 is 17.8 Å². The minimum Gasteiger partial charge on any atom is -0.465 e. The lowest BCUT2D eigenvalue weighted by atomic mass is 10.1. The van der Waals surface area contributed by atoms with Gasteiger partial charge in [0.05, 0.1) is 25.0 Å². The van der Waals surface area contributed by atoms with E-state index in [0.717, 1.165) is 6.20 Å². The average Bonchev–Trinajstić information content (AvgIpc) is 2.58. The molecule has 0 unspecified atom stereocenters. The predicted octanol–water partition coefficient (Wildman–Crippen LogP) is 0.972. The van der Waals surface area contributed by atoms with Crippen molar-refractivity contribution in [1.29, 1.82) is 5.26 Å². The topological polar surface area (TPSA) is 118 Å². The highest BCUT2D eigenvalue weighted by Crippen LogP contribution is 2.16. The first-order valence-electron chi connectivity index (χ1n) is 7.01. The Labute approximate surface area is 139 Å². The third-order valence-corrected chi connectivity index (χ3v) is 2.74. The summed E-state index contributed by atoms with van der Waals surface area (Å²) in [6, 6.07) is 7.93. The van der Waals surface area contributed by atoms with Gasteiger partial charge in [0.1, 0.15) is 18.2 Å². The molecule has 1 amide bonds. The van der Waals surface area contributed by atoms with Crippen LogP contribution in [0.25, 0.3) is 0 Å². The summed E-state index contributed by atoms with van der Waals surface area (Å²) in [6.07, 6.45) is 1.10. The second-order valence-electron chi connectivity index (χ2n) is 4.35. The number of ether oxygens (including phenoxy) is 2. The summed E-state index contributed by atoms with van der Waals surface area (Å²) in [5.74, 6) is -1.86. The molecule has 0 heterocycles. The molecule has 0 saturated carbocycles. The molecule has 8 nitrogen and oxygen atoms in total. The third kappa shape index (κ3) is 5.46. The molecule has 1 rings (SSSR count). The van der Waals surface area contributed by atoms with Crippen LogP contribution in [0.4, 0.5) is 5.69 Å². The molecule has 0 aliphatic rings. The number of nitrogens with one attached hydrogen (secondary N) is 2. The summed E-state index contributed by atoms with van der Waals surface area (Å²) >= 11 is 0. The summed E-state index contributed by atoms with van der Waals surface area (Å²) < 4.78 is 9.33. The van der Waals surface area contributed by atoms with Crippen molar-refractivity contribution in [2.45, 2.75) is 6.92 Å². The fourth-order valence-electron chi connectivity index (χ4n) is 1.67. The van der Waals surface area contributed by atoms with Gasteiger partial charge >= 0.3 is 11.9 Å². The number of hydrogen-bond donors (Lipinski definition) is 2. The van der Waals surface area contributed by atoms with Crippen molar-refractivity contribution in [3.05, 3.63) is 41.6 Å². The number of esters is 2. The van der Waals surface area contributed by atoms with Crippen molar-refractivity contribution in [3.63, 3.8) is 0 Å². The minimum atomic E-state index is -0.731. The third-order valence-electron chi connectivity index (χ3n) is 2.74. The fraction of sp³-hybridized carbons (Fsp3) is 0.250. The Bertz CT molecular complexity index is 691.